The van der Waals surface area contributed by atoms with E-state index in [0.717, 1.165) is 28.1 Å². The Kier molecular flexibility index (Phi) is 4.22. The summed E-state index contributed by atoms with van der Waals surface area (Å²) in [6.45, 7) is 5.69. The smallest absolute Gasteiger partial charge is 0.261 e. The van der Waals surface area contributed by atoms with Gasteiger partial charge in [-0.25, -0.2) is 0 Å². The number of amides is 2. The van der Waals surface area contributed by atoms with Gasteiger partial charge in [0.2, 0.25) is 0 Å². The second-order valence-electron chi connectivity index (χ2n) is 6.50. The molecule has 122 valence electrons. The van der Waals surface area contributed by atoms with Gasteiger partial charge in [-0.3, -0.25) is 14.5 Å². The molecular formula is C18H23N3O2. The van der Waals surface area contributed by atoms with Gasteiger partial charge in [-0.1, -0.05) is 19.9 Å². The third kappa shape index (κ3) is 2.65. The van der Waals surface area contributed by atoms with Crippen LogP contribution in [0.2, 0.25) is 0 Å². The van der Waals surface area contributed by atoms with E-state index < -0.39 is 0 Å². The van der Waals surface area contributed by atoms with E-state index in [4.69, 9.17) is 5.73 Å². The maximum absolute atomic E-state index is 12.8. The fraction of sp³-hybridized carbons (Fsp3) is 0.444. The quantitative estimate of drug-likeness (QED) is 0.773. The Labute approximate surface area is 135 Å². The Hall–Kier alpha value is -2.14. The lowest BCUT2D eigenvalue weighted by Crippen LogP contribution is -2.52. The van der Waals surface area contributed by atoms with Crippen molar-refractivity contribution in [1.82, 2.24) is 4.90 Å². The van der Waals surface area contributed by atoms with E-state index in [9.17, 15) is 9.59 Å². The molecule has 0 atom stereocenters. The fourth-order valence-electron chi connectivity index (χ4n) is 3.33. The first-order chi connectivity index (χ1) is 11.0. The van der Waals surface area contributed by atoms with Gasteiger partial charge in [-0.2, -0.15) is 0 Å². The summed E-state index contributed by atoms with van der Waals surface area (Å²) in [5, 5.41) is 5.09. The number of hydrogen-bond acceptors (Lipinski definition) is 4. The molecule has 1 aromatic rings. The third-order valence-electron chi connectivity index (χ3n) is 4.28. The van der Waals surface area contributed by atoms with Crippen molar-refractivity contribution < 1.29 is 9.59 Å². The first kappa shape index (κ1) is 15.7. The highest BCUT2D eigenvalue weighted by molar-refractivity contribution is 6.25. The Bertz CT molecular complexity index is 780. The summed E-state index contributed by atoms with van der Waals surface area (Å²) in [6.07, 6.45) is 3.62. The minimum atomic E-state index is -0.177. The molecule has 0 saturated carbocycles. The number of nitrogens with two attached hydrogens (primary N) is 1. The zero-order valence-corrected chi connectivity index (χ0v) is 13.7. The molecule has 23 heavy (non-hydrogen) atoms. The van der Waals surface area contributed by atoms with Gasteiger partial charge < -0.3 is 11.1 Å². The average molecular weight is 313 g/mol. The second-order valence-corrected chi connectivity index (χ2v) is 6.50. The minimum absolute atomic E-state index is 0.124. The van der Waals surface area contributed by atoms with Gasteiger partial charge in [0.15, 0.2) is 0 Å². The van der Waals surface area contributed by atoms with Crippen LogP contribution in [-0.4, -0.2) is 36.3 Å². The van der Waals surface area contributed by atoms with Crippen molar-refractivity contribution in [1.29, 1.82) is 0 Å². The Balaban J connectivity index is 2.18. The molecule has 2 aliphatic rings. The standard InChI is InChI=1S/C18H23N3O2/c1-11(2)10-21-17(22)13-5-3-4-12-15(20-9-8-19)7-6-14(16(12)13)18(21)23/h4,6-7,11,20H,3,5,8-10,19H2,1-2H3. The van der Waals surface area contributed by atoms with Crippen LogP contribution >= 0.6 is 0 Å². The van der Waals surface area contributed by atoms with Crippen LogP contribution in [0.3, 0.4) is 0 Å². The van der Waals surface area contributed by atoms with E-state index >= 15 is 0 Å². The van der Waals surface area contributed by atoms with Crippen molar-refractivity contribution >= 4 is 29.2 Å². The minimum Gasteiger partial charge on any atom is -0.383 e. The molecule has 0 radical (unpaired) electrons. The monoisotopic (exact) mass is 313 g/mol. The van der Waals surface area contributed by atoms with Crippen molar-refractivity contribution in [3.63, 3.8) is 0 Å². The molecule has 0 aromatic heterocycles. The maximum Gasteiger partial charge on any atom is 0.261 e. The summed E-state index contributed by atoms with van der Waals surface area (Å²) in [5.41, 5.74) is 7.93. The zero-order valence-electron chi connectivity index (χ0n) is 13.7. The van der Waals surface area contributed by atoms with Crippen LogP contribution in [0.25, 0.3) is 11.6 Å². The van der Waals surface area contributed by atoms with E-state index in [-0.39, 0.29) is 17.7 Å². The number of rotatable bonds is 5. The van der Waals surface area contributed by atoms with Gasteiger partial charge in [-0.15, -0.1) is 0 Å². The van der Waals surface area contributed by atoms with E-state index in [2.05, 4.69) is 11.4 Å². The van der Waals surface area contributed by atoms with Crippen LogP contribution in [-0.2, 0) is 4.79 Å². The summed E-state index contributed by atoms with van der Waals surface area (Å²) in [7, 11) is 0. The number of benzene rings is 1. The SMILES string of the molecule is CC(C)CN1C(=O)C2=c3c(ccc(NCCN)c3=CCC2)C1=O. The number of nitrogens with one attached hydrogen (secondary N) is 1. The van der Waals surface area contributed by atoms with E-state index in [1.54, 1.807) is 0 Å². The first-order valence-electron chi connectivity index (χ1n) is 8.21. The van der Waals surface area contributed by atoms with Crippen LogP contribution in [0.1, 0.15) is 37.0 Å². The zero-order chi connectivity index (χ0) is 16.6. The molecule has 5 nitrogen and oxygen atoms in total. The predicted octanol–water partition coefficient (Wildman–Crippen LogP) is 0.421. The fourth-order valence-corrected chi connectivity index (χ4v) is 3.33. The van der Waals surface area contributed by atoms with Gasteiger partial charge >= 0.3 is 0 Å². The van der Waals surface area contributed by atoms with Gasteiger partial charge in [0.05, 0.1) is 0 Å². The Morgan fingerprint density at radius 1 is 1.26 bits per heavy atom. The molecule has 5 heteroatoms. The molecule has 3 N–H and O–H groups in total. The number of carbonyl (C=O) groups excluding carboxylic acids is 2. The highest BCUT2D eigenvalue weighted by atomic mass is 16.2. The number of imide groups is 1. The van der Waals surface area contributed by atoms with Crippen molar-refractivity contribution in [2.24, 2.45) is 11.7 Å². The molecule has 1 heterocycles. The number of nitrogens with zero attached hydrogens (tertiary/aromatic N) is 1. The summed E-state index contributed by atoms with van der Waals surface area (Å²) < 4.78 is 0. The molecule has 3 rings (SSSR count). The van der Waals surface area contributed by atoms with Crippen molar-refractivity contribution in [2.75, 3.05) is 25.0 Å². The first-order valence-corrected chi connectivity index (χ1v) is 8.21. The molecule has 1 aliphatic heterocycles. The summed E-state index contributed by atoms with van der Waals surface area (Å²) >= 11 is 0. The highest BCUT2D eigenvalue weighted by Crippen LogP contribution is 2.21. The van der Waals surface area contributed by atoms with Gasteiger partial charge in [0.1, 0.15) is 0 Å². The molecule has 0 fully saturated rings. The second kappa shape index (κ2) is 6.16. The van der Waals surface area contributed by atoms with Gasteiger partial charge in [0.25, 0.3) is 11.8 Å². The topological polar surface area (TPSA) is 75.4 Å². The molecular weight excluding hydrogens is 290 g/mol. The normalized spacial score (nSPS) is 16.5. The maximum atomic E-state index is 12.8. The van der Waals surface area contributed by atoms with E-state index in [1.807, 2.05) is 26.0 Å². The molecule has 0 saturated heterocycles. The van der Waals surface area contributed by atoms with E-state index in [0.29, 0.717) is 31.6 Å². The number of hydrogen-bond donors (Lipinski definition) is 2. The van der Waals surface area contributed by atoms with Gasteiger partial charge in [-0.05, 0) is 30.9 Å². The lowest BCUT2D eigenvalue weighted by molar-refractivity contribution is -0.123. The number of anilines is 1. The molecule has 0 spiro atoms. The van der Waals surface area contributed by atoms with Crippen molar-refractivity contribution in [3.8, 4) is 0 Å². The number of carbonyl (C=O) groups is 2. The molecule has 1 aromatic carbocycles. The molecule has 0 unspecified atom stereocenters. The third-order valence-corrected chi connectivity index (χ3v) is 4.28. The summed E-state index contributed by atoms with van der Waals surface area (Å²) in [4.78, 5) is 27.0. The van der Waals surface area contributed by atoms with E-state index in [1.165, 1.54) is 4.90 Å². The van der Waals surface area contributed by atoms with Crippen LogP contribution in [0.4, 0.5) is 5.69 Å². The largest absolute Gasteiger partial charge is 0.383 e. The summed E-state index contributed by atoms with van der Waals surface area (Å²) in [5.74, 6) is -0.0453. The Morgan fingerprint density at radius 2 is 2.04 bits per heavy atom. The lowest BCUT2D eigenvalue weighted by Gasteiger charge is -2.30. The van der Waals surface area contributed by atoms with Gasteiger partial charge in [0, 0.05) is 46.9 Å². The molecule has 0 bridgehead atoms. The van der Waals surface area contributed by atoms with Crippen LogP contribution < -0.4 is 21.5 Å². The van der Waals surface area contributed by atoms with Crippen LogP contribution in [0, 0.1) is 5.92 Å². The van der Waals surface area contributed by atoms with Crippen LogP contribution in [0.5, 0.6) is 0 Å². The summed E-state index contributed by atoms with van der Waals surface area (Å²) in [6, 6.07) is 3.75. The average Bonchev–Trinajstić information content (AvgIpc) is 2.54. The molecule has 2 amide bonds. The van der Waals surface area contributed by atoms with Crippen molar-refractivity contribution in [2.45, 2.75) is 26.7 Å². The molecule has 1 aliphatic carbocycles. The predicted molar refractivity (Wildman–Crippen MR) is 91.2 cm³/mol. The lowest BCUT2D eigenvalue weighted by atomic mass is 9.90. The van der Waals surface area contributed by atoms with Crippen molar-refractivity contribution in [3.05, 3.63) is 28.1 Å². The highest BCUT2D eigenvalue weighted by Gasteiger charge is 2.33. The van der Waals surface area contributed by atoms with Crippen LogP contribution in [0.15, 0.2) is 12.1 Å². The Morgan fingerprint density at radius 3 is 2.74 bits per heavy atom.